The third-order valence-electron chi connectivity index (χ3n) is 4.63. The van der Waals surface area contributed by atoms with Crippen molar-refractivity contribution in [1.29, 1.82) is 0 Å². The van der Waals surface area contributed by atoms with Gasteiger partial charge in [-0.25, -0.2) is 0 Å². The van der Waals surface area contributed by atoms with E-state index in [1.807, 2.05) is 4.90 Å². The topological polar surface area (TPSA) is 55.6 Å². The molecule has 19 heavy (non-hydrogen) atoms. The molecule has 2 atom stereocenters. The fourth-order valence-electron chi connectivity index (χ4n) is 3.52. The summed E-state index contributed by atoms with van der Waals surface area (Å²) >= 11 is 0. The summed E-state index contributed by atoms with van der Waals surface area (Å²) in [6, 6.07) is -0.288. The maximum absolute atomic E-state index is 12.3. The molecule has 0 bridgehead atoms. The van der Waals surface area contributed by atoms with Crippen LogP contribution in [0.25, 0.3) is 0 Å². The predicted molar refractivity (Wildman–Crippen MR) is 75.7 cm³/mol. The van der Waals surface area contributed by atoms with Crippen molar-refractivity contribution in [2.75, 3.05) is 26.8 Å². The monoisotopic (exact) mass is 268 g/mol. The summed E-state index contributed by atoms with van der Waals surface area (Å²) in [4.78, 5) is 14.3. The van der Waals surface area contributed by atoms with Crippen LogP contribution in [0.5, 0.6) is 0 Å². The van der Waals surface area contributed by atoms with E-state index in [0.717, 1.165) is 32.5 Å². The highest BCUT2D eigenvalue weighted by Gasteiger charge is 2.30. The highest BCUT2D eigenvalue weighted by molar-refractivity contribution is 5.81. The molecule has 1 saturated heterocycles. The molecule has 0 aromatic heterocycles. The van der Waals surface area contributed by atoms with Crippen LogP contribution < -0.4 is 5.73 Å². The molecule has 1 heterocycles. The van der Waals surface area contributed by atoms with Gasteiger partial charge in [0.2, 0.25) is 5.91 Å². The Bertz CT molecular complexity index is 290. The molecule has 2 N–H and O–H groups in total. The van der Waals surface area contributed by atoms with Crippen molar-refractivity contribution in [3.05, 3.63) is 0 Å². The predicted octanol–water partition coefficient (Wildman–Crippen LogP) is 1.78. The second-order valence-corrected chi connectivity index (χ2v) is 6.24. The Hall–Kier alpha value is -0.610. The number of hydrogen-bond donors (Lipinski definition) is 1. The van der Waals surface area contributed by atoms with Gasteiger partial charge < -0.3 is 15.4 Å². The van der Waals surface area contributed by atoms with Gasteiger partial charge in [-0.15, -0.1) is 0 Å². The van der Waals surface area contributed by atoms with E-state index in [1.165, 1.54) is 32.1 Å². The van der Waals surface area contributed by atoms with E-state index in [1.54, 1.807) is 7.11 Å². The van der Waals surface area contributed by atoms with Crippen molar-refractivity contribution in [2.24, 2.45) is 17.6 Å². The van der Waals surface area contributed by atoms with E-state index in [2.05, 4.69) is 0 Å². The minimum atomic E-state index is -0.288. The first-order valence-electron chi connectivity index (χ1n) is 7.74. The number of amides is 1. The maximum Gasteiger partial charge on any atom is 0.239 e. The van der Waals surface area contributed by atoms with E-state index in [0.29, 0.717) is 11.8 Å². The van der Waals surface area contributed by atoms with Crippen LogP contribution in [0.15, 0.2) is 0 Å². The fraction of sp³-hybridized carbons (Fsp3) is 0.933. The van der Waals surface area contributed by atoms with Gasteiger partial charge in [-0.1, -0.05) is 32.1 Å². The molecule has 4 heteroatoms. The molecule has 1 aliphatic heterocycles. The Morgan fingerprint density at radius 1 is 1.26 bits per heavy atom. The second-order valence-electron chi connectivity index (χ2n) is 6.24. The number of carbonyl (C=O) groups is 1. The van der Waals surface area contributed by atoms with Crippen molar-refractivity contribution < 1.29 is 9.53 Å². The molecule has 0 spiro atoms. The van der Waals surface area contributed by atoms with Crippen LogP contribution in [0, 0.1) is 11.8 Å². The Morgan fingerprint density at radius 3 is 2.68 bits per heavy atom. The van der Waals surface area contributed by atoms with Crippen molar-refractivity contribution >= 4 is 5.91 Å². The minimum Gasteiger partial charge on any atom is -0.384 e. The second kappa shape index (κ2) is 7.25. The average molecular weight is 268 g/mol. The van der Waals surface area contributed by atoms with E-state index < -0.39 is 0 Å². The summed E-state index contributed by atoms with van der Waals surface area (Å²) in [6.45, 7) is 2.43. The zero-order chi connectivity index (χ0) is 13.7. The summed E-state index contributed by atoms with van der Waals surface area (Å²) in [5, 5.41) is 0. The molecule has 4 nitrogen and oxygen atoms in total. The molecule has 2 unspecified atom stereocenters. The molecule has 1 aliphatic carbocycles. The number of nitrogens with two attached hydrogens (primary N) is 1. The number of hydrogen-bond acceptors (Lipinski definition) is 3. The minimum absolute atomic E-state index is 0.157. The molecule has 1 saturated carbocycles. The lowest BCUT2D eigenvalue weighted by molar-refractivity contribution is -0.132. The lowest BCUT2D eigenvalue weighted by Crippen LogP contribution is -2.44. The first-order valence-corrected chi connectivity index (χ1v) is 7.74. The van der Waals surface area contributed by atoms with Gasteiger partial charge >= 0.3 is 0 Å². The molecule has 2 aliphatic rings. The summed E-state index contributed by atoms with van der Waals surface area (Å²) in [5.74, 6) is 1.32. The third kappa shape index (κ3) is 4.18. The molecule has 2 rings (SSSR count). The van der Waals surface area contributed by atoms with Crippen LogP contribution >= 0.6 is 0 Å². The van der Waals surface area contributed by atoms with Crippen LogP contribution in [0.4, 0.5) is 0 Å². The van der Waals surface area contributed by atoms with Gasteiger partial charge in [0.15, 0.2) is 0 Å². The van der Waals surface area contributed by atoms with E-state index in [4.69, 9.17) is 10.5 Å². The van der Waals surface area contributed by atoms with Crippen molar-refractivity contribution in [1.82, 2.24) is 4.90 Å². The van der Waals surface area contributed by atoms with E-state index in [-0.39, 0.29) is 11.9 Å². The molecule has 0 aromatic rings. The van der Waals surface area contributed by atoms with Crippen LogP contribution in [0.3, 0.4) is 0 Å². The molecule has 0 radical (unpaired) electrons. The van der Waals surface area contributed by atoms with Crippen LogP contribution in [0.1, 0.15) is 44.9 Å². The molecule has 110 valence electrons. The number of rotatable bonds is 5. The number of methoxy groups -OCH3 is 1. The number of likely N-dealkylation sites (tertiary alicyclic amines) is 1. The SMILES string of the molecule is COCC1CCN(C(=O)C(N)CC2CCCCC2)C1. The van der Waals surface area contributed by atoms with Gasteiger partial charge in [0.05, 0.1) is 12.6 Å². The summed E-state index contributed by atoms with van der Waals surface area (Å²) in [6.07, 6.45) is 8.42. The lowest BCUT2D eigenvalue weighted by atomic mass is 9.85. The normalized spacial score (nSPS) is 26.6. The molecule has 1 amide bonds. The zero-order valence-electron chi connectivity index (χ0n) is 12.1. The summed E-state index contributed by atoms with van der Waals surface area (Å²) < 4.78 is 5.17. The molecule has 2 fully saturated rings. The Morgan fingerprint density at radius 2 is 2.00 bits per heavy atom. The van der Waals surface area contributed by atoms with Gasteiger partial charge in [0.25, 0.3) is 0 Å². The summed E-state index contributed by atoms with van der Waals surface area (Å²) in [5.41, 5.74) is 6.12. The first kappa shape index (κ1) is 14.8. The summed E-state index contributed by atoms with van der Waals surface area (Å²) in [7, 11) is 1.72. The van der Waals surface area contributed by atoms with Gasteiger partial charge in [-0.3, -0.25) is 4.79 Å². The smallest absolute Gasteiger partial charge is 0.239 e. The quantitative estimate of drug-likeness (QED) is 0.827. The fourth-order valence-corrected chi connectivity index (χ4v) is 3.52. The van der Waals surface area contributed by atoms with Crippen molar-refractivity contribution in [3.63, 3.8) is 0 Å². The van der Waals surface area contributed by atoms with Gasteiger partial charge in [0, 0.05) is 26.1 Å². The lowest BCUT2D eigenvalue weighted by Gasteiger charge is -2.26. The van der Waals surface area contributed by atoms with Crippen molar-refractivity contribution in [2.45, 2.75) is 51.0 Å². The third-order valence-corrected chi connectivity index (χ3v) is 4.63. The average Bonchev–Trinajstić information content (AvgIpc) is 2.88. The Labute approximate surface area is 116 Å². The number of nitrogens with zero attached hydrogens (tertiary/aromatic N) is 1. The van der Waals surface area contributed by atoms with Crippen molar-refractivity contribution in [3.8, 4) is 0 Å². The largest absolute Gasteiger partial charge is 0.384 e. The highest BCUT2D eigenvalue weighted by atomic mass is 16.5. The van der Waals surface area contributed by atoms with Crippen LogP contribution in [0.2, 0.25) is 0 Å². The molecular formula is C15H28N2O2. The zero-order valence-corrected chi connectivity index (χ0v) is 12.1. The highest BCUT2D eigenvalue weighted by Crippen LogP contribution is 2.27. The van der Waals surface area contributed by atoms with E-state index >= 15 is 0 Å². The molecule has 0 aromatic carbocycles. The van der Waals surface area contributed by atoms with Gasteiger partial charge in [-0.2, -0.15) is 0 Å². The van der Waals surface area contributed by atoms with Crippen LogP contribution in [-0.2, 0) is 9.53 Å². The standard InChI is InChI=1S/C15H28N2O2/c1-19-11-13-7-8-17(10-13)15(18)14(16)9-12-5-3-2-4-6-12/h12-14H,2-11,16H2,1H3. The Balaban J connectivity index is 1.75. The molecular weight excluding hydrogens is 240 g/mol. The first-order chi connectivity index (χ1) is 9.20. The number of carbonyl (C=O) groups excluding carboxylic acids is 1. The van der Waals surface area contributed by atoms with E-state index in [9.17, 15) is 4.79 Å². The van der Waals surface area contributed by atoms with Gasteiger partial charge in [-0.05, 0) is 18.8 Å². The van der Waals surface area contributed by atoms with Gasteiger partial charge in [0.1, 0.15) is 0 Å². The maximum atomic E-state index is 12.3. The number of ether oxygens (including phenoxy) is 1. The van der Waals surface area contributed by atoms with Crippen LogP contribution in [-0.4, -0.2) is 43.7 Å². The Kier molecular flexibility index (Phi) is 5.64.